The number of hydrogen-bond donors (Lipinski definition) is 0. The Kier molecular flexibility index (Phi) is 2.42. The maximum Gasteiger partial charge on any atom is 0.313 e. The van der Waals surface area contributed by atoms with Crippen LogP contribution in [0.4, 0.5) is 0 Å². The maximum absolute atomic E-state index is 11.6. The molecule has 2 aliphatic heterocycles. The first-order valence-electron chi connectivity index (χ1n) is 4.99. The van der Waals surface area contributed by atoms with Gasteiger partial charge in [-0.1, -0.05) is 0 Å². The molecule has 2 saturated heterocycles. The van der Waals surface area contributed by atoms with E-state index in [2.05, 4.69) is 6.07 Å². The van der Waals surface area contributed by atoms with E-state index in [9.17, 15) is 4.79 Å². The molecule has 0 aromatic heterocycles. The van der Waals surface area contributed by atoms with Gasteiger partial charge < -0.3 is 9.47 Å². The highest BCUT2D eigenvalue weighted by atomic mass is 16.5. The zero-order valence-electron chi connectivity index (χ0n) is 8.10. The maximum atomic E-state index is 11.6. The van der Waals surface area contributed by atoms with E-state index in [4.69, 9.17) is 14.7 Å². The predicted molar refractivity (Wildman–Crippen MR) is 47.1 cm³/mol. The van der Waals surface area contributed by atoms with Crippen molar-refractivity contribution in [3.8, 4) is 6.07 Å². The van der Waals surface area contributed by atoms with Gasteiger partial charge in [-0.2, -0.15) is 5.26 Å². The topological polar surface area (TPSA) is 59.3 Å². The molecule has 0 aromatic carbocycles. The minimum atomic E-state index is -0.348. The van der Waals surface area contributed by atoms with E-state index in [1.165, 1.54) is 0 Å². The third-order valence-corrected chi connectivity index (χ3v) is 2.98. The fourth-order valence-corrected chi connectivity index (χ4v) is 2.38. The normalized spacial score (nSPS) is 39.4. The Morgan fingerprint density at radius 1 is 1.57 bits per heavy atom. The highest BCUT2D eigenvalue weighted by molar-refractivity contribution is 5.74. The monoisotopic (exact) mass is 195 g/mol. The van der Waals surface area contributed by atoms with Crippen LogP contribution < -0.4 is 0 Å². The molecule has 0 N–H and O–H groups in total. The Morgan fingerprint density at radius 3 is 2.93 bits per heavy atom. The van der Waals surface area contributed by atoms with Crippen LogP contribution in [0.25, 0.3) is 0 Å². The van der Waals surface area contributed by atoms with Gasteiger partial charge in [0.1, 0.15) is 5.92 Å². The van der Waals surface area contributed by atoms with Crippen LogP contribution in [0, 0.1) is 23.2 Å². The lowest BCUT2D eigenvalue weighted by molar-refractivity contribution is -0.150. The molecule has 4 nitrogen and oxygen atoms in total. The van der Waals surface area contributed by atoms with Crippen molar-refractivity contribution >= 4 is 5.97 Å². The van der Waals surface area contributed by atoms with Crippen molar-refractivity contribution in [2.24, 2.45) is 11.8 Å². The summed E-state index contributed by atoms with van der Waals surface area (Å²) >= 11 is 0. The number of carbonyl (C=O) groups excluding carboxylic acids is 1. The van der Waals surface area contributed by atoms with Gasteiger partial charge in [-0.15, -0.1) is 0 Å². The van der Waals surface area contributed by atoms with E-state index in [0.717, 1.165) is 12.8 Å². The molecule has 76 valence electrons. The second kappa shape index (κ2) is 3.58. The fraction of sp³-hybridized carbons (Fsp3) is 0.800. The molecule has 2 fully saturated rings. The van der Waals surface area contributed by atoms with Crippen molar-refractivity contribution in [2.45, 2.75) is 32.0 Å². The molecule has 0 spiro atoms. The molecule has 0 aromatic rings. The van der Waals surface area contributed by atoms with Gasteiger partial charge in [-0.25, -0.2) is 0 Å². The molecule has 4 heteroatoms. The summed E-state index contributed by atoms with van der Waals surface area (Å²) in [5, 5.41) is 8.94. The summed E-state index contributed by atoms with van der Waals surface area (Å²) in [5.41, 5.74) is 0. The largest absolute Gasteiger partial charge is 0.466 e. The third kappa shape index (κ3) is 1.28. The van der Waals surface area contributed by atoms with Crippen molar-refractivity contribution in [1.29, 1.82) is 5.26 Å². The van der Waals surface area contributed by atoms with Crippen molar-refractivity contribution in [3.05, 3.63) is 0 Å². The van der Waals surface area contributed by atoms with Crippen LogP contribution in [-0.2, 0) is 14.3 Å². The highest BCUT2D eigenvalue weighted by Crippen LogP contribution is 2.43. The summed E-state index contributed by atoms with van der Waals surface area (Å²) in [4.78, 5) is 11.6. The smallest absolute Gasteiger partial charge is 0.313 e. The summed E-state index contributed by atoms with van der Waals surface area (Å²) in [7, 11) is 0. The Labute approximate surface area is 82.8 Å². The Balaban J connectivity index is 2.11. The Bertz CT molecular complexity index is 284. The first kappa shape index (κ1) is 9.47. The number of esters is 1. The number of fused-ring (bicyclic) bond motifs is 2. The molecule has 0 saturated carbocycles. The van der Waals surface area contributed by atoms with E-state index in [0.29, 0.717) is 6.61 Å². The predicted octanol–water partition coefficient (Wildman–Crippen LogP) is 0.867. The lowest BCUT2D eigenvalue weighted by atomic mass is 9.80. The number of ether oxygens (including phenoxy) is 2. The van der Waals surface area contributed by atoms with Gasteiger partial charge in [0.05, 0.1) is 30.8 Å². The fourth-order valence-electron chi connectivity index (χ4n) is 2.38. The molecular weight excluding hydrogens is 182 g/mol. The summed E-state index contributed by atoms with van der Waals surface area (Å²) in [6.07, 6.45) is 1.66. The van der Waals surface area contributed by atoms with Crippen LogP contribution in [-0.4, -0.2) is 24.8 Å². The number of nitriles is 1. The Morgan fingerprint density at radius 2 is 2.29 bits per heavy atom. The average Bonchev–Trinajstić information content (AvgIpc) is 2.76. The standard InChI is InChI=1S/C10H13NO3/c1-2-13-10(12)9-6(5-11)7-3-4-8(9)14-7/h6-9H,2-4H2,1H3/t6-,7-,8+,9-/m0/s1. The molecular formula is C10H13NO3. The summed E-state index contributed by atoms with van der Waals surface area (Å²) in [6.45, 7) is 2.14. The molecule has 2 heterocycles. The Hall–Kier alpha value is -1.08. The van der Waals surface area contributed by atoms with E-state index >= 15 is 0 Å². The summed E-state index contributed by atoms with van der Waals surface area (Å²) < 4.78 is 10.5. The minimum Gasteiger partial charge on any atom is -0.466 e. The van der Waals surface area contributed by atoms with Crippen LogP contribution in [0.2, 0.25) is 0 Å². The van der Waals surface area contributed by atoms with Crippen molar-refractivity contribution in [2.75, 3.05) is 6.61 Å². The van der Waals surface area contributed by atoms with Gasteiger partial charge in [0.25, 0.3) is 0 Å². The van der Waals surface area contributed by atoms with Crippen LogP contribution in [0.15, 0.2) is 0 Å². The second-order valence-corrected chi connectivity index (χ2v) is 3.72. The van der Waals surface area contributed by atoms with E-state index in [-0.39, 0.29) is 30.0 Å². The number of hydrogen-bond acceptors (Lipinski definition) is 4. The van der Waals surface area contributed by atoms with Gasteiger partial charge in [-0.3, -0.25) is 4.79 Å². The van der Waals surface area contributed by atoms with Crippen molar-refractivity contribution in [1.82, 2.24) is 0 Å². The first-order chi connectivity index (χ1) is 6.77. The molecule has 0 amide bonds. The zero-order chi connectivity index (χ0) is 10.1. The number of rotatable bonds is 2. The molecule has 14 heavy (non-hydrogen) atoms. The molecule has 0 radical (unpaired) electrons. The third-order valence-electron chi connectivity index (χ3n) is 2.98. The van der Waals surface area contributed by atoms with Crippen LogP contribution >= 0.6 is 0 Å². The first-order valence-corrected chi connectivity index (χ1v) is 4.99. The average molecular weight is 195 g/mol. The molecule has 2 rings (SSSR count). The SMILES string of the molecule is CCOC(=O)[C@H]1[C@@H](C#N)[C@@H]2CC[C@H]1O2. The van der Waals surface area contributed by atoms with Gasteiger partial charge in [0.15, 0.2) is 0 Å². The zero-order valence-corrected chi connectivity index (χ0v) is 8.10. The molecule has 0 aliphatic carbocycles. The van der Waals surface area contributed by atoms with Gasteiger partial charge in [-0.05, 0) is 19.8 Å². The van der Waals surface area contributed by atoms with Crippen LogP contribution in [0.1, 0.15) is 19.8 Å². The highest BCUT2D eigenvalue weighted by Gasteiger charge is 2.53. The van der Waals surface area contributed by atoms with Crippen LogP contribution in [0.3, 0.4) is 0 Å². The minimum absolute atomic E-state index is 0.0422. The van der Waals surface area contributed by atoms with E-state index in [1.54, 1.807) is 6.92 Å². The van der Waals surface area contributed by atoms with Gasteiger partial charge >= 0.3 is 5.97 Å². The second-order valence-electron chi connectivity index (χ2n) is 3.72. The van der Waals surface area contributed by atoms with Crippen LogP contribution in [0.5, 0.6) is 0 Å². The van der Waals surface area contributed by atoms with Gasteiger partial charge in [0.2, 0.25) is 0 Å². The molecule has 0 unspecified atom stereocenters. The van der Waals surface area contributed by atoms with E-state index < -0.39 is 0 Å². The molecule has 2 aliphatic rings. The van der Waals surface area contributed by atoms with E-state index in [1.807, 2.05) is 0 Å². The van der Waals surface area contributed by atoms with Gasteiger partial charge in [0, 0.05) is 0 Å². The quantitative estimate of drug-likeness (QED) is 0.613. The number of carbonyl (C=O) groups is 1. The number of nitrogens with zero attached hydrogens (tertiary/aromatic N) is 1. The molecule has 2 bridgehead atoms. The lowest BCUT2D eigenvalue weighted by Gasteiger charge is -2.20. The van der Waals surface area contributed by atoms with Crippen molar-refractivity contribution in [3.63, 3.8) is 0 Å². The summed E-state index contributed by atoms with van der Waals surface area (Å²) in [5.74, 6) is -0.919. The van der Waals surface area contributed by atoms with Crippen molar-refractivity contribution < 1.29 is 14.3 Å². The molecule has 4 atom stereocenters. The summed E-state index contributed by atoms with van der Waals surface area (Å²) in [6, 6.07) is 2.16. The lowest BCUT2D eigenvalue weighted by Crippen LogP contribution is -2.34.